The van der Waals surface area contributed by atoms with Gasteiger partial charge in [-0.2, -0.15) is 9.49 Å². The number of hydrogen-bond acceptors (Lipinski definition) is 1. The summed E-state index contributed by atoms with van der Waals surface area (Å²) < 4.78 is 38.1. The van der Waals surface area contributed by atoms with Crippen molar-refractivity contribution in [2.75, 3.05) is 0 Å². The highest BCUT2D eigenvalue weighted by Gasteiger charge is 2.20. The third-order valence-corrected chi connectivity index (χ3v) is 1.65. The van der Waals surface area contributed by atoms with Crippen LogP contribution in [0.2, 0.25) is 0 Å². The molecular weight excluding hydrogens is 169 g/mol. The molecule has 0 aliphatic carbocycles. The number of nitrogens with zero attached hydrogens (tertiary/aromatic N) is 2. The van der Waals surface area contributed by atoms with E-state index in [1.54, 1.807) is 6.92 Å². The van der Waals surface area contributed by atoms with Crippen molar-refractivity contribution in [1.29, 1.82) is 0 Å². The van der Waals surface area contributed by atoms with Crippen molar-refractivity contribution >= 4 is 0 Å². The second-order valence-corrected chi connectivity index (χ2v) is 2.42. The molecule has 0 amide bonds. The molecule has 0 aromatic carbocycles. The fourth-order valence-corrected chi connectivity index (χ4v) is 0.965. The molecule has 0 saturated heterocycles. The number of halogens is 3. The number of alkyl halides is 2. The molecule has 0 N–H and O–H groups in total. The van der Waals surface area contributed by atoms with Gasteiger partial charge < -0.3 is 0 Å². The van der Waals surface area contributed by atoms with Crippen molar-refractivity contribution < 1.29 is 13.2 Å². The Bertz CT molecular complexity index is 280. The summed E-state index contributed by atoms with van der Waals surface area (Å²) in [4.78, 5) is 0. The van der Waals surface area contributed by atoms with E-state index in [0.29, 0.717) is 0 Å². The van der Waals surface area contributed by atoms with Gasteiger partial charge in [0.1, 0.15) is 5.69 Å². The summed E-state index contributed by atoms with van der Waals surface area (Å²) in [6.07, 6.45) is -2.70. The summed E-state index contributed by atoms with van der Waals surface area (Å²) in [6, 6.07) is 0. The van der Waals surface area contributed by atoms with Gasteiger partial charge in [-0.15, -0.1) is 0 Å². The zero-order valence-corrected chi connectivity index (χ0v) is 6.81. The van der Waals surface area contributed by atoms with E-state index < -0.39 is 18.1 Å². The zero-order chi connectivity index (χ0) is 9.30. The van der Waals surface area contributed by atoms with E-state index in [9.17, 15) is 13.2 Å². The van der Waals surface area contributed by atoms with Gasteiger partial charge in [0.05, 0.1) is 0 Å². The van der Waals surface area contributed by atoms with Crippen molar-refractivity contribution in [3.05, 3.63) is 17.2 Å². The average molecular weight is 178 g/mol. The quantitative estimate of drug-likeness (QED) is 0.679. The fourth-order valence-electron chi connectivity index (χ4n) is 0.965. The summed E-state index contributed by atoms with van der Waals surface area (Å²) in [6.45, 7) is 3.21. The lowest BCUT2D eigenvalue weighted by atomic mass is 10.3. The molecule has 12 heavy (non-hydrogen) atoms. The smallest absolute Gasteiger partial charge is 0.239 e. The zero-order valence-electron chi connectivity index (χ0n) is 6.81. The van der Waals surface area contributed by atoms with Crippen molar-refractivity contribution in [2.24, 2.45) is 0 Å². The van der Waals surface area contributed by atoms with E-state index in [1.165, 1.54) is 6.92 Å². The molecule has 0 saturated carbocycles. The van der Waals surface area contributed by atoms with Crippen molar-refractivity contribution in [1.82, 2.24) is 9.78 Å². The molecule has 0 atom stereocenters. The molecule has 0 aliphatic heterocycles. The Morgan fingerprint density at radius 2 is 2.08 bits per heavy atom. The van der Waals surface area contributed by atoms with Crippen LogP contribution in [0.25, 0.3) is 0 Å². The Labute approximate surface area is 68.0 Å². The Morgan fingerprint density at radius 1 is 1.50 bits per heavy atom. The van der Waals surface area contributed by atoms with Crippen molar-refractivity contribution in [3.63, 3.8) is 0 Å². The number of rotatable bonds is 2. The maximum Gasteiger partial charge on any atom is 0.282 e. The van der Waals surface area contributed by atoms with Crippen molar-refractivity contribution in [3.8, 4) is 0 Å². The topological polar surface area (TPSA) is 17.8 Å². The first-order valence-electron chi connectivity index (χ1n) is 3.58. The molecule has 1 heterocycles. The second-order valence-electron chi connectivity index (χ2n) is 2.42. The highest BCUT2D eigenvalue weighted by molar-refractivity contribution is 5.17. The molecule has 68 valence electrons. The lowest BCUT2D eigenvalue weighted by Crippen LogP contribution is -2.00. The van der Waals surface area contributed by atoms with E-state index >= 15 is 0 Å². The molecule has 0 bridgehead atoms. The average Bonchev–Trinajstić information content (AvgIpc) is 2.30. The minimum Gasteiger partial charge on any atom is -0.239 e. The van der Waals surface area contributed by atoms with E-state index in [-0.39, 0.29) is 12.1 Å². The standard InChI is InChI=1S/C7H9F3N2/c1-3-12-7(10)4(2)5(11-12)6(8)9/h6H,3H2,1-2H3. The van der Waals surface area contributed by atoms with Crippen LogP contribution in [-0.4, -0.2) is 9.78 Å². The third-order valence-electron chi connectivity index (χ3n) is 1.65. The lowest BCUT2D eigenvalue weighted by molar-refractivity contribution is 0.144. The predicted octanol–water partition coefficient (Wildman–Crippen LogP) is 2.29. The van der Waals surface area contributed by atoms with Crippen LogP contribution in [0, 0.1) is 12.9 Å². The van der Waals surface area contributed by atoms with Gasteiger partial charge in [-0.05, 0) is 13.8 Å². The fraction of sp³-hybridized carbons (Fsp3) is 0.571. The van der Waals surface area contributed by atoms with Gasteiger partial charge in [0.15, 0.2) is 0 Å². The summed E-state index contributed by atoms with van der Waals surface area (Å²) in [7, 11) is 0. The third kappa shape index (κ3) is 1.31. The molecule has 0 radical (unpaired) electrons. The number of aryl methyl sites for hydroxylation is 1. The van der Waals surface area contributed by atoms with E-state index in [1.807, 2.05) is 0 Å². The molecule has 0 unspecified atom stereocenters. The van der Waals surface area contributed by atoms with Crippen LogP contribution >= 0.6 is 0 Å². The predicted molar refractivity (Wildman–Crippen MR) is 37.6 cm³/mol. The molecule has 0 fully saturated rings. The molecule has 1 aromatic heterocycles. The van der Waals surface area contributed by atoms with Gasteiger partial charge in [0.2, 0.25) is 5.95 Å². The Balaban J connectivity index is 3.16. The van der Waals surface area contributed by atoms with Gasteiger partial charge in [-0.1, -0.05) is 0 Å². The molecule has 1 rings (SSSR count). The van der Waals surface area contributed by atoms with Gasteiger partial charge in [-0.3, -0.25) is 0 Å². The highest BCUT2D eigenvalue weighted by Crippen LogP contribution is 2.22. The largest absolute Gasteiger partial charge is 0.282 e. The Morgan fingerprint density at radius 3 is 2.33 bits per heavy atom. The van der Waals surface area contributed by atoms with E-state index in [0.717, 1.165) is 4.68 Å². The summed E-state index contributed by atoms with van der Waals surface area (Å²) in [5.74, 6) is -0.673. The Hall–Kier alpha value is -1.00. The minimum atomic E-state index is -2.70. The minimum absolute atomic E-state index is 0.0631. The van der Waals surface area contributed by atoms with Gasteiger partial charge in [0, 0.05) is 12.1 Å². The molecule has 0 aliphatic rings. The molecule has 5 heteroatoms. The molecular formula is C7H9F3N2. The van der Waals surface area contributed by atoms with Crippen LogP contribution in [0.1, 0.15) is 24.6 Å². The van der Waals surface area contributed by atoms with Crippen LogP contribution in [0.4, 0.5) is 13.2 Å². The van der Waals surface area contributed by atoms with Gasteiger partial charge in [-0.25, -0.2) is 13.5 Å². The molecule has 2 nitrogen and oxygen atoms in total. The summed E-state index contributed by atoms with van der Waals surface area (Å²) in [5, 5.41) is 3.42. The first-order chi connectivity index (χ1) is 5.57. The summed E-state index contributed by atoms with van der Waals surface area (Å²) >= 11 is 0. The van der Waals surface area contributed by atoms with Crippen LogP contribution in [0.3, 0.4) is 0 Å². The lowest BCUT2D eigenvalue weighted by Gasteiger charge is -1.93. The van der Waals surface area contributed by atoms with E-state index in [2.05, 4.69) is 5.10 Å². The maximum atomic E-state index is 12.9. The second kappa shape index (κ2) is 3.16. The van der Waals surface area contributed by atoms with Gasteiger partial charge >= 0.3 is 0 Å². The SMILES string of the molecule is CCn1nc(C(F)F)c(C)c1F. The normalized spacial score (nSPS) is 11.2. The van der Waals surface area contributed by atoms with Gasteiger partial charge in [0.25, 0.3) is 6.43 Å². The molecule has 1 aromatic rings. The van der Waals surface area contributed by atoms with Crippen LogP contribution in [0.15, 0.2) is 0 Å². The summed E-state index contributed by atoms with van der Waals surface area (Å²) in [5.41, 5.74) is -0.527. The first kappa shape index (κ1) is 9.09. The first-order valence-corrected chi connectivity index (χ1v) is 3.58. The number of hydrogen-bond donors (Lipinski definition) is 0. The maximum absolute atomic E-state index is 12.9. The highest BCUT2D eigenvalue weighted by atomic mass is 19.3. The van der Waals surface area contributed by atoms with Crippen LogP contribution in [-0.2, 0) is 6.54 Å². The van der Waals surface area contributed by atoms with Crippen LogP contribution < -0.4 is 0 Å². The monoisotopic (exact) mass is 178 g/mol. The van der Waals surface area contributed by atoms with Crippen LogP contribution in [0.5, 0.6) is 0 Å². The van der Waals surface area contributed by atoms with Crippen molar-refractivity contribution in [2.45, 2.75) is 26.8 Å². The Kier molecular flexibility index (Phi) is 2.40. The van der Waals surface area contributed by atoms with E-state index in [4.69, 9.17) is 0 Å². The number of aromatic nitrogens is 2. The molecule has 0 spiro atoms.